The van der Waals surface area contributed by atoms with Crippen LogP contribution in [0.2, 0.25) is 0 Å². The number of aryl methyl sites for hydroxylation is 2. The molecule has 1 aliphatic heterocycles. The maximum atomic E-state index is 12.4. The lowest BCUT2D eigenvalue weighted by atomic mass is 10.1. The topological polar surface area (TPSA) is 58.6 Å². The Hall–Kier alpha value is -2.18. The number of likely N-dealkylation sites (tertiary alicyclic amines) is 1. The van der Waals surface area contributed by atoms with Crippen molar-refractivity contribution in [2.45, 2.75) is 39.7 Å². The largest absolute Gasteiger partial charge is 0.434 e. The first kappa shape index (κ1) is 18.2. The number of hydrogen-bond acceptors (Lipinski definition) is 3. The molecule has 1 heterocycles. The Morgan fingerprint density at radius 1 is 1.21 bits per heavy atom. The maximum absolute atomic E-state index is 12.4. The average molecular weight is 340 g/mol. The van der Waals surface area contributed by atoms with Crippen LogP contribution in [0, 0.1) is 13.8 Å². The Bertz CT molecular complexity index is 591. The van der Waals surface area contributed by atoms with Gasteiger partial charge in [-0.05, 0) is 49.9 Å². The van der Waals surface area contributed by atoms with Gasteiger partial charge in [-0.1, -0.05) is 0 Å². The number of amides is 2. The Balaban J connectivity index is 1.91. The molecule has 132 valence electrons. The van der Waals surface area contributed by atoms with Crippen LogP contribution in [0.4, 0.5) is 8.78 Å². The van der Waals surface area contributed by atoms with Gasteiger partial charge in [-0.2, -0.15) is 8.78 Å². The molecule has 0 aliphatic carbocycles. The first-order valence-electron chi connectivity index (χ1n) is 8.00. The molecule has 1 aromatic carbocycles. The van der Waals surface area contributed by atoms with Crippen LogP contribution < -0.4 is 10.1 Å². The molecule has 0 saturated carbocycles. The van der Waals surface area contributed by atoms with Crippen LogP contribution in [-0.2, 0) is 4.79 Å². The summed E-state index contributed by atoms with van der Waals surface area (Å²) in [6, 6.07) is 3.00. The molecule has 0 radical (unpaired) electrons. The van der Waals surface area contributed by atoms with Gasteiger partial charge in [-0.3, -0.25) is 9.59 Å². The molecule has 1 aliphatic rings. The van der Waals surface area contributed by atoms with Crippen molar-refractivity contribution in [3.05, 3.63) is 28.8 Å². The zero-order chi connectivity index (χ0) is 17.7. The Morgan fingerprint density at radius 3 is 2.33 bits per heavy atom. The van der Waals surface area contributed by atoms with Crippen molar-refractivity contribution in [1.29, 1.82) is 0 Å². The van der Waals surface area contributed by atoms with E-state index < -0.39 is 6.61 Å². The van der Waals surface area contributed by atoms with Gasteiger partial charge in [-0.15, -0.1) is 0 Å². The molecular formula is C17H22F2N2O3. The molecule has 24 heavy (non-hydrogen) atoms. The van der Waals surface area contributed by atoms with Crippen LogP contribution in [0.3, 0.4) is 0 Å². The number of carbonyl (C=O) groups is 2. The number of hydrogen-bond donors (Lipinski definition) is 1. The van der Waals surface area contributed by atoms with Crippen LogP contribution in [0.1, 0.15) is 40.7 Å². The highest BCUT2D eigenvalue weighted by Gasteiger charge is 2.18. The summed E-state index contributed by atoms with van der Waals surface area (Å²) in [5.41, 5.74) is 1.29. The number of alkyl halides is 2. The lowest BCUT2D eigenvalue weighted by Gasteiger charge is -2.16. The van der Waals surface area contributed by atoms with Crippen LogP contribution >= 0.6 is 0 Å². The number of ether oxygens (including phenoxy) is 1. The molecule has 1 saturated heterocycles. The lowest BCUT2D eigenvalue weighted by molar-refractivity contribution is -0.129. The fourth-order valence-electron chi connectivity index (χ4n) is 2.87. The van der Waals surface area contributed by atoms with Crippen molar-refractivity contribution in [2.24, 2.45) is 0 Å². The van der Waals surface area contributed by atoms with Crippen LogP contribution in [0.15, 0.2) is 12.1 Å². The van der Waals surface area contributed by atoms with Gasteiger partial charge >= 0.3 is 6.61 Å². The fourth-order valence-corrected chi connectivity index (χ4v) is 2.87. The maximum Gasteiger partial charge on any atom is 0.387 e. The van der Waals surface area contributed by atoms with E-state index in [-0.39, 0.29) is 30.5 Å². The van der Waals surface area contributed by atoms with E-state index in [9.17, 15) is 18.4 Å². The summed E-state index contributed by atoms with van der Waals surface area (Å²) < 4.78 is 29.2. The molecule has 1 fully saturated rings. The summed E-state index contributed by atoms with van der Waals surface area (Å²) in [6.07, 6.45) is 2.32. The monoisotopic (exact) mass is 340 g/mol. The first-order chi connectivity index (χ1) is 11.4. The van der Waals surface area contributed by atoms with Crippen LogP contribution in [0.25, 0.3) is 0 Å². The lowest BCUT2D eigenvalue weighted by Crippen LogP contribution is -2.32. The minimum absolute atomic E-state index is 0.0424. The normalized spacial score (nSPS) is 14.1. The van der Waals surface area contributed by atoms with Gasteiger partial charge in [0.25, 0.3) is 5.91 Å². The molecule has 2 rings (SSSR count). The quantitative estimate of drug-likeness (QED) is 0.866. The van der Waals surface area contributed by atoms with Crippen molar-refractivity contribution in [3.63, 3.8) is 0 Å². The first-order valence-corrected chi connectivity index (χ1v) is 8.00. The smallest absolute Gasteiger partial charge is 0.387 e. The van der Waals surface area contributed by atoms with E-state index in [2.05, 4.69) is 10.1 Å². The molecule has 5 nitrogen and oxygen atoms in total. The summed E-state index contributed by atoms with van der Waals surface area (Å²) in [7, 11) is 0. The number of nitrogens with zero attached hydrogens (tertiary/aromatic N) is 1. The van der Waals surface area contributed by atoms with Crippen molar-refractivity contribution >= 4 is 11.8 Å². The molecule has 1 aromatic rings. The predicted molar refractivity (Wildman–Crippen MR) is 85.3 cm³/mol. The third-order valence-corrected chi connectivity index (χ3v) is 4.01. The second-order valence-corrected chi connectivity index (χ2v) is 5.91. The highest BCUT2D eigenvalue weighted by atomic mass is 19.3. The van der Waals surface area contributed by atoms with Crippen molar-refractivity contribution in [1.82, 2.24) is 10.2 Å². The molecule has 0 spiro atoms. The van der Waals surface area contributed by atoms with Gasteiger partial charge in [0, 0.05) is 31.6 Å². The van der Waals surface area contributed by atoms with Gasteiger partial charge in [0.1, 0.15) is 5.75 Å². The van der Waals surface area contributed by atoms with Crippen LogP contribution in [-0.4, -0.2) is 43.0 Å². The van der Waals surface area contributed by atoms with Gasteiger partial charge < -0.3 is 15.0 Å². The summed E-state index contributed by atoms with van der Waals surface area (Å²) in [5, 5.41) is 2.69. The predicted octanol–water partition coefficient (Wildman–Crippen LogP) is 2.65. The Kier molecular flexibility index (Phi) is 6.11. The second kappa shape index (κ2) is 8.08. The van der Waals surface area contributed by atoms with E-state index in [1.54, 1.807) is 18.7 Å². The number of carbonyl (C=O) groups excluding carboxylic acids is 2. The van der Waals surface area contributed by atoms with Crippen molar-refractivity contribution < 1.29 is 23.1 Å². The third-order valence-electron chi connectivity index (χ3n) is 4.01. The number of nitrogens with one attached hydrogen (secondary N) is 1. The minimum Gasteiger partial charge on any atom is -0.434 e. The van der Waals surface area contributed by atoms with Gasteiger partial charge in [0.2, 0.25) is 5.91 Å². The minimum atomic E-state index is -2.90. The highest BCUT2D eigenvalue weighted by molar-refractivity contribution is 5.95. The van der Waals surface area contributed by atoms with Crippen molar-refractivity contribution in [2.75, 3.05) is 19.6 Å². The fraction of sp³-hybridized carbons (Fsp3) is 0.529. The van der Waals surface area contributed by atoms with E-state index >= 15 is 0 Å². The molecule has 7 heteroatoms. The summed E-state index contributed by atoms with van der Waals surface area (Å²) in [5.74, 6) is -0.203. The number of rotatable bonds is 6. The van der Waals surface area contributed by atoms with E-state index in [0.29, 0.717) is 16.7 Å². The van der Waals surface area contributed by atoms with Gasteiger partial charge in [0.05, 0.1) is 0 Å². The van der Waals surface area contributed by atoms with E-state index in [1.165, 1.54) is 12.1 Å². The zero-order valence-electron chi connectivity index (χ0n) is 13.9. The third kappa shape index (κ3) is 4.66. The van der Waals surface area contributed by atoms with Crippen LogP contribution in [0.5, 0.6) is 5.75 Å². The van der Waals surface area contributed by atoms with E-state index in [1.807, 2.05) is 0 Å². The molecule has 0 bridgehead atoms. The molecule has 0 aromatic heterocycles. The van der Waals surface area contributed by atoms with Gasteiger partial charge in [0.15, 0.2) is 0 Å². The van der Waals surface area contributed by atoms with E-state index in [0.717, 1.165) is 25.9 Å². The van der Waals surface area contributed by atoms with Crippen molar-refractivity contribution in [3.8, 4) is 5.75 Å². The van der Waals surface area contributed by atoms with Gasteiger partial charge in [-0.25, -0.2) is 0 Å². The number of halogens is 2. The molecule has 0 unspecified atom stereocenters. The molecule has 1 N–H and O–H groups in total. The van der Waals surface area contributed by atoms with E-state index in [4.69, 9.17) is 0 Å². The standard InChI is InChI=1S/C17H22F2N2O3/c1-11-9-13(10-12(2)15(11)24-17(18)19)16(23)20-6-5-14(22)21-7-3-4-8-21/h9-10,17H,3-8H2,1-2H3,(H,20,23). The zero-order valence-corrected chi connectivity index (χ0v) is 13.9. The summed E-state index contributed by atoms with van der Waals surface area (Å²) >= 11 is 0. The Morgan fingerprint density at radius 2 is 1.79 bits per heavy atom. The molecular weight excluding hydrogens is 318 g/mol. The average Bonchev–Trinajstić information content (AvgIpc) is 3.04. The summed E-state index contributed by atoms with van der Waals surface area (Å²) in [6.45, 7) is 2.14. The Labute approximate surface area is 140 Å². The molecule has 2 amide bonds. The number of benzene rings is 1. The molecule has 0 atom stereocenters. The highest BCUT2D eigenvalue weighted by Crippen LogP contribution is 2.26. The summed E-state index contributed by atoms with van der Waals surface area (Å²) in [4.78, 5) is 25.9. The second-order valence-electron chi connectivity index (χ2n) is 5.91. The SMILES string of the molecule is Cc1cc(C(=O)NCCC(=O)N2CCCC2)cc(C)c1OC(F)F.